The fraction of sp³-hybridized carbons (Fsp3) is 0.471. The molecule has 7 nitrogen and oxygen atoms in total. The van der Waals surface area contributed by atoms with Crippen molar-refractivity contribution in [2.75, 3.05) is 5.32 Å². The van der Waals surface area contributed by atoms with Crippen molar-refractivity contribution in [2.24, 2.45) is 12.8 Å². The molecule has 8 heteroatoms. The summed E-state index contributed by atoms with van der Waals surface area (Å²) >= 11 is 1.34. The Kier molecular flexibility index (Phi) is 4.00. The molecule has 0 spiro atoms. The van der Waals surface area contributed by atoms with Crippen LogP contribution in [0.15, 0.2) is 12.3 Å². The molecule has 0 aromatic carbocycles. The SMILES string of the molecule is Cn1nccc1C(=O)Nc1sc2c(c1C(N)=O)CC(C)(C)OC2(C)C. The summed E-state index contributed by atoms with van der Waals surface area (Å²) in [5.74, 6) is -0.884. The molecule has 0 atom stereocenters. The Hall–Kier alpha value is -2.19. The lowest BCUT2D eigenvalue weighted by Gasteiger charge is -2.41. The average molecular weight is 362 g/mol. The molecule has 0 unspecified atom stereocenters. The van der Waals surface area contributed by atoms with E-state index in [9.17, 15) is 9.59 Å². The van der Waals surface area contributed by atoms with Crippen LogP contribution in [0.4, 0.5) is 5.00 Å². The number of aromatic nitrogens is 2. The average Bonchev–Trinajstić information content (AvgIpc) is 3.00. The van der Waals surface area contributed by atoms with Crippen LogP contribution in [0, 0.1) is 0 Å². The number of thiophene rings is 1. The van der Waals surface area contributed by atoms with E-state index in [-0.39, 0.29) is 5.91 Å². The number of anilines is 1. The highest BCUT2D eigenvalue weighted by Crippen LogP contribution is 2.48. The summed E-state index contributed by atoms with van der Waals surface area (Å²) in [6.45, 7) is 7.88. The predicted molar refractivity (Wildman–Crippen MR) is 95.9 cm³/mol. The Morgan fingerprint density at radius 2 is 2.04 bits per heavy atom. The Labute approximate surface area is 150 Å². The zero-order chi connectivity index (χ0) is 18.6. The zero-order valence-electron chi connectivity index (χ0n) is 15.0. The minimum Gasteiger partial charge on any atom is -0.365 e. The highest BCUT2D eigenvalue weighted by atomic mass is 32.1. The van der Waals surface area contributed by atoms with Gasteiger partial charge in [0.2, 0.25) is 0 Å². The number of carbonyl (C=O) groups excluding carboxylic acids is 2. The number of carbonyl (C=O) groups is 2. The van der Waals surface area contributed by atoms with Crippen molar-refractivity contribution < 1.29 is 14.3 Å². The first-order valence-corrected chi connectivity index (χ1v) is 8.79. The van der Waals surface area contributed by atoms with Crippen LogP contribution in [0.2, 0.25) is 0 Å². The third kappa shape index (κ3) is 3.07. The van der Waals surface area contributed by atoms with Gasteiger partial charge in [0, 0.05) is 24.5 Å². The van der Waals surface area contributed by atoms with Crippen LogP contribution in [0.25, 0.3) is 0 Å². The molecule has 0 bridgehead atoms. The van der Waals surface area contributed by atoms with Gasteiger partial charge in [-0.05, 0) is 39.3 Å². The maximum absolute atomic E-state index is 12.5. The van der Waals surface area contributed by atoms with Gasteiger partial charge in [-0.2, -0.15) is 5.10 Å². The number of fused-ring (bicyclic) bond motifs is 1. The molecule has 1 aliphatic rings. The van der Waals surface area contributed by atoms with E-state index in [4.69, 9.17) is 10.5 Å². The van der Waals surface area contributed by atoms with Crippen molar-refractivity contribution in [3.8, 4) is 0 Å². The van der Waals surface area contributed by atoms with Gasteiger partial charge in [0.25, 0.3) is 11.8 Å². The number of nitrogens with two attached hydrogens (primary N) is 1. The van der Waals surface area contributed by atoms with E-state index in [1.165, 1.54) is 16.0 Å². The number of primary amides is 1. The second-order valence-corrected chi connectivity index (χ2v) is 8.34. The number of hydrogen-bond acceptors (Lipinski definition) is 5. The molecule has 3 heterocycles. The van der Waals surface area contributed by atoms with Gasteiger partial charge in [-0.1, -0.05) is 0 Å². The summed E-state index contributed by atoms with van der Waals surface area (Å²) in [7, 11) is 1.68. The van der Waals surface area contributed by atoms with E-state index >= 15 is 0 Å². The van der Waals surface area contributed by atoms with Crippen molar-refractivity contribution in [3.05, 3.63) is 34.0 Å². The summed E-state index contributed by atoms with van der Waals surface area (Å²) in [4.78, 5) is 25.6. The molecule has 0 aliphatic carbocycles. The molecule has 2 aromatic rings. The number of hydrogen-bond donors (Lipinski definition) is 2. The molecule has 3 N–H and O–H groups in total. The molecular weight excluding hydrogens is 340 g/mol. The smallest absolute Gasteiger partial charge is 0.274 e. The van der Waals surface area contributed by atoms with E-state index in [1.54, 1.807) is 19.3 Å². The van der Waals surface area contributed by atoms with Crippen LogP contribution in [0.3, 0.4) is 0 Å². The first-order chi connectivity index (χ1) is 11.5. The van der Waals surface area contributed by atoms with Gasteiger partial charge < -0.3 is 15.8 Å². The van der Waals surface area contributed by atoms with E-state index in [0.29, 0.717) is 22.7 Å². The van der Waals surface area contributed by atoms with Gasteiger partial charge in [0.1, 0.15) is 10.7 Å². The van der Waals surface area contributed by atoms with E-state index in [2.05, 4.69) is 10.4 Å². The standard InChI is InChI=1S/C17H22N4O3S/c1-16(2)8-9-11(13(18)22)15(25-12(9)17(3,4)24-16)20-14(23)10-6-7-19-21(10)5/h6-7H,8H2,1-5H3,(H2,18,22)(H,20,23). The number of aryl methyl sites for hydroxylation is 1. The Morgan fingerprint density at radius 1 is 1.36 bits per heavy atom. The maximum Gasteiger partial charge on any atom is 0.274 e. The van der Waals surface area contributed by atoms with Gasteiger partial charge in [0.05, 0.1) is 16.8 Å². The molecule has 3 rings (SSSR count). The maximum atomic E-state index is 12.5. The van der Waals surface area contributed by atoms with Crippen LogP contribution in [0.1, 0.15) is 59.0 Å². The Bertz CT molecular complexity index is 863. The molecule has 2 amide bonds. The van der Waals surface area contributed by atoms with Crippen molar-refractivity contribution >= 4 is 28.2 Å². The monoisotopic (exact) mass is 362 g/mol. The summed E-state index contributed by atoms with van der Waals surface area (Å²) in [6, 6.07) is 1.61. The van der Waals surface area contributed by atoms with Crippen molar-refractivity contribution in [2.45, 2.75) is 45.3 Å². The number of amides is 2. The fourth-order valence-corrected chi connectivity index (χ4v) is 4.69. The molecule has 0 fully saturated rings. The third-order valence-corrected chi connectivity index (χ3v) is 5.67. The Morgan fingerprint density at radius 3 is 2.60 bits per heavy atom. The minimum absolute atomic E-state index is 0.334. The van der Waals surface area contributed by atoms with Crippen LogP contribution in [-0.2, 0) is 23.8 Å². The largest absolute Gasteiger partial charge is 0.365 e. The molecule has 2 aromatic heterocycles. The molecule has 0 saturated carbocycles. The Balaban J connectivity index is 2.07. The van der Waals surface area contributed by atoms with Gasteiger partial charge in [0.15, 0.2) is 0 Å². The van der Waals surface area contributed by atoms with Crippen LogP contribution in [0.5, 0.6) is 0 Å². The van der Waals surface area contributed by atoms with Gasteiger partial charge in [-0.25, -0.2) is 0 Å². The first kappa shape index (κ1) is 17.6. The zero-order valence-corrected chi connectivity index (χ0v) is 15.8. The highest BCUT2D eigenvalue weighted by molar-refractivity contribution is 7.17. The van der Waals surface area contributed by atoms with E-state index in [0.717, 1.165) is 10.4 Å². The molecule has 25 heavy (non-hydrogen) atoms. The van der Waals surface area contributed by atoms with E-state index < -0.39 is 17.1 Å². The van der Waals surface area contributed by atoms with Crippen LogP contribution >= 0.6 is 11.3 Å². The van der Waals surface area contributed by atoms with Gasteiger partial charge in [-0.3, -0.25) is 14.3 Å². The topological polar surface area (TPSA) is 99.2 Å². The molecule has 0 radical (unpaired) electrons. The summed E-state index contributed by atoms with van der Waals surface area (Å²) in [6.07, 6.45) is 2.10. The normalized spacial score (nSPS) is 17.8. The summed E-state index contributed by atoms with van der Waals surface area (Å²) in [5, 5.41) is 7.27. The van der Waals surface area contributed by atoms with Gasteiger partial charge >= 0.3 is 0 Å². The highest BCUT2D eigenvalue weighted by Gasteiger charge is 2.42. The number of rotatable bonds is 3. The lowest BCUT2D eigenvalue weighted by Crippen LogP contribution is -2.42. The molecular formula is C17H22N4O3S. The quantitative estimate of drug-likeness (QED) is 0.876. The predicted octanol–water partition coefficient (Wildman–Crippen LogP) is 2.42. The molecule has 0 saturated heterocycles. The van der Waals surface area contributed by atoms with Crippen LogP contribution < -0.4 is 11.1 Å². The van der Waals surface area contributed by atoms with Crippen molar-refractivity contribution in [1.29, 1.82) is 0 Å². The number of ether oxygens (including phenoxy) is 1. The lowest BCUT2D eigenvalue weighted by molar-refractivity contribution is -0.135. The summed E-state index contributed by atoms with van der Waals surface area (Å²) in [5.41, 5.74) is 6.28. The first-order valence-electron chi connectivity index (χ1n) is 7.97. The molecule has 134 valence electrons. The second-order valence-electron chi connectivity index (χ2n) is 7.32. The lowest BCUT2D eigenvalue weighted by atomic mass is 9.86. The minimum atomic E-state index is -0.568. The number of nitrogens with zero attached hydrogens (tertiary/aromatic N) is 2. The number of nitrogens with one attached hydrogen (secondary N) is 1. The van der Waals surface area contributed by atoms with E-state index in [1.807, 2.05) is 27.7 Å². The van der Waals surface area contributed by atoms with Gasteiger partial charge in [-0.15, -0.1) is 11.3 Å². The molecule has 1 aliphatic heterocycles. The summed E-state index contributed by atoms with van der Waals surface area (Å²) < 4.78 is 7.64. The van der Waals surface area contributed by atoms with Crippen molar-refractivity contribution in [3.63, 3.8) is 0 Å². The van der Waals surface area contributed by atoms with Crippen LogP contribution in [-0.4, -0.2) is 27.2 Å². The fourth-order valence-electron chi connectivity index (χ4n) is 3.43. The second kappa shape index (κ2) is 5.67. The van der Waals surface area contributed by atoms with Crippen molar-refractivity contribution in [1.82, 2.24) is 9.78 Å². The third-order valence-electron chi connectivity index (χ3n) is 4.21.